The van der Waals surface area contributed by atoms with Crippen molar-refractivity contribution in [3.63, 3.8) is 0 Å². The lowest BCUT2D eigenvalue weighted by Gasteiger charge is -2.27. The first-order valence-corrected chi connectivity index (χ1v) is 6.80. The summed E-state index contributed by atoms with van der Waals surface area (Å²) in [5.41, 5.74) is 1.42. The molecule has 0 aliphatic heterocycles. The van der Waals surface area contributed by atoms with E-state index in [-0.39, 0.29) is 12.4 Å². The van der Waals surface area contributed by atoms with Crippen molar-refractivity contribution in [1.82, 2.24) is 5.32 Å². The molecule has 1 fully saturated rings. The van der Waals surface area contributed by atoms with Crippen LogP contribution >= 0.6 is 0 Å². The highest BCUT2D eigenvalue weighted by Gasteiger charge is 2.17. The number of aliphatic hydroxyl groups excluding tert-OH is 1. The van der Waals surface area contributed by atoms with Gasteiger partial charge in [0.1, 0.15) is 5.82 Å². The summed E-state index contributed by atoms with van der Waals surface area (Å²) in [6.45, 7) is 2.83. The molecule has 0 spiro atoms. The van der Waals surface area contributed by atoms with Crippen LogP contribution in [-0.2, 0) is 13.2 Å². The maximum absolute atomic E-state index is 13.2. The second-order valence-corrected chi connectivity index (χ2v) is 5.42. The number of rotatable bonds is 4. The van der Waals surface area contributed by atoms with E-state index in [2.05, 4.69) is 12.2 Å². The van der Waals surface area contributed by atoms with Gasteiger partial charge in [0.2, 0.25) is 0 Å². The minimum atomic E-state index is -0.326. The summed E-state index contributed by atoms with van der Waals surface area (Å²) in [6, 6.07) is 5.55. The third-order valence-corrected chi connectivity index (χ3v) is 3.89. The molecule has 0 heterocycles. The SMILES string of the molecule is CC1CCC(NCc2ccc(F)c(CO)c2)CC1. The van der Waals surface area contributed by atoms with Crippen LogP contribution in [0.4, 0.5) is 4.39 Å². The second-order valence-electron chi connectivity index (χ2n) is 5.42. The summed E-state index contributed by atoms with van der Waals surface area (Å²) in [4.78, 5) is 0. The van der Waals surface area contributed by atoms with Crippen molar-refractivity contribution in [3.05, 3.63) is 35.1 Å². The quantitative estimate of drug-likeness (QED) is 0.862. The van der Waals surface area contributed by atoms with Gasteiger partial charge in [0.25, 0.3) is 0 Å². The Morgan fingerprint density at radius 3 is 2.67 bits per heavy atom. The summed E-state index contributed by atoms with van der Waals surface area (Å²) in [7, 11) is 0. The van der Waals surface area contributed by atoms with Gasteiger partial charge in [-0.3, -0.25) is 0 Å². The number of aliphatic hydroxyl groups is 1. The van der Waals surface area contributed by atoms with Crippen molar-refractivity contribution < 1.29 is 9.50 Å². The molecule has 2 rings (SSSR count). The van der Waals surface area contributed by atoms with Crippen molar-refractivity contribution in [2.75, 3.05) is 0 Å². The second kappa shape index (κ2) is 6.30. The number of benzene rings is 1. The minimum absolute atomic E-state index is 0.235. The van der Waals surface area contributed by atoms with Crippen LogP contribution in [0.2, 0.25) is 0 Å². The first kappa shape index (κ1) is 13.5. The van der Waals surface area contributed by atoms with Crippen molar-refractivity contribution >= 4 is 0 Å². The average Bonchev–Trinajstić information content (AvgIpc) is 2.39. The molecular weight excluding hydrogens is 229 g/mol. The molecule has 0 aromatic heterocycles. The fourth-order valence-electron chi connectivity index (χ4n) is 2.59. The first-order valence-electron chi connectivity index (χ1n) is 6.80. The fourth-order valence-corrected chi connectivity index (χ4v) is 2.59. The first-order chi connectivity index (χ1) is 8.69. The number of nitrogens with one attached hydrogen (secondary N) is 1. The monoisotopic (exact) mass is 251 g/mol. The lowest BCUT2D eigenvalue weighted by Crippen LogP contribution is -2.32. The van der Waals surface area contributed by atoms with Gasteiger partial charge in [0, 0.05) is 18.2 Å². The molecular formula is C15H22FNO. The van der Waals surface area contributed by atoms with E-state index in [4.69, 9.17) is 5.11 Å². The lowest BCUT2D eigenvalue weighted by atomic mass is 9.87. The summed E-state index contributed by atoms with van der Waals surface area (Å²) in [5.74, 6) is 0.530. The van der Waals surface area contributed by atoms with Gasteiger partial charge in [-0.1, -0.05) is 13.0 Å². The Bertz CT molecular complexity index is 386. The van der Waals surface area contributed by atoms with E-state index in [0.29, 0.717) is 11.6 Å². The third kappa shape index (κ3) is 3.53. The molecule has 1 aliphatic rings. The molecule has 1 aliphatic carbocycles. The van der Waals surface area contributed by atoms with E-state index < -0.39 is 0 Å². The number of hydrogen-bond acceptors (Lipinski definition) is 2. The van der Waals surface area contributed by atoms with Crippen LogP contribution in [0.25, 0.3) is 0 Å². The average molecular weight is 251 g/mol. The van der Waals surface area contributed by atoms with Gasteiger partial charge >= 0.3 is 0 Å². The summed E-state index contributed by atoms with van der Waals surface area (Å²) < 4.78 is 13.2. The Hall–Kier alpha value is -0.930. The predicted octanol–water partition coefficient (Wildman–Crippen LogP) is 2.99. The molecule has 1 aromatic carbocycles. The highest BCUT2D eigenvalue weighted by atomic mass is 19.1. The number of halogens is 1. The van der Waals surface area contributed by atoms with Gasteiger partial charge in [0.15, 0.2) is 0 Å². The summed E-state index contributed by atoms with van der Waals surface area (Å²) in [5, 5.41) is 12.6. The molecule has 0 amide bonds. The molecule has 0 unspecified atom stereocenters. The standard InChI is InChI=1S/C15H22FNO/c1-11-2-5-14(6-3-11)17-9-12-4-7-15(16)13(8-12)10-18/h4,7-8,11,14,17-18H,2-3,5-6,9-10H2,1H3. The normalized spacial score (nSPS) is 24.2. The molecule has 100 valence electrons. The van der Waals surface area contributed by atoms with Crippen LogP contribution in [0.5, 0.6) is 0 Å². The van der Waals surface area contributed by atoms with Crippen molar-refractivity contribution in [3.8, 4) is 0 Å². The maximum Gasteiger partial charge on any atom is 0.128 e. The van der Waals surface area contributed by atoms with E-state index in [1.165, 1.54) is 31.7 Å². The van der Waals surface area contributed by atoms with E-state index in [0.717, 1.165) is 18.0 Å². The Morgan fingerprint density at radius 2 is 2.00 bits per heavy atom. The van der Waals surface area contributed by atoms with E-state index >= 15 is 0 Å². The topological polar surface area (TPSA) is 32.3 Å². The molecule has 0 radical (unpaired) electrons. The van der Waals surface area contributed by atoms with Gasteiger partial charge in [-0.15, -0.1) is 0 Å². The van der Waals surface area contributed by atoms with Crippen LogP contribution in [0.3, 0.4) is 0 Å². The van der Waals surface area contributed by atoms with Crippen LogP contribution in [0.1, 0.15) is 43.7 Å². The molecule has 18 heavy (non-hydrogen) atoms. The number of hydrogen-bond donors (Lipinski definition) is 2. The molecule has 0 atom stereocenters. The molecule has 2 N–H and O–H groups in total. The minimum Gasteiger partial charge on any atom is -0.392 e. The summed E-state index contributed by atoms with van der Waals surface area (Å²) in [6.07, 6.45) is 5.05. The van der Waals surface area contributed by atoms with Crippen molar-refractivity contribution in [1.29, 1.82) is 0 Å². The zero-order valence-electron chi connectivity index (χ0n) is 11.0. The predicted molar refractivity (Wildman–Crippen MR) is 70.6 cm³/mol. The molecule has 1 saturated carbocycles. The van der Waals surface area contributed by atoms with Gasteiger partial charge in [0.05, 0.1) is 6.61 Å². The van der Waals surface area contributed by atoms with Gasteiger partial charge < -0.3 is 10.4 Å². The Balaban J connectivity index is 1.86. The third-order valence-electron chi connectivity index (χ3n) is 3.89. The van der Waals surface area contributed by atoms with Crippen molar-refractivity contribution in [2.24, 2.45) is 5.92 Å². The molecule has 2 nitrogen and oxygen atoms in total. The van der Waals surface area contributed by atoms with Gasteiger partial charge in [-0.25, -0.2) is 4.39 Å². The van der Waals surface area contributed by atoms with Crippen LogP contribution in [-0.4, -0.2) is 11.1 Å². The van der Waals surface area contributed by atoms with Crippen LogP contribution in [0.15, 0.2) is 18.2 Å². The van der Waals surface area contributed by atoms with E-state index in [9.17, 15) is 4.39 Å². The smallest absolute Gasteiger partial charge is 0.128 e. The lowest BCUT2D eigenvalue weighted by molar-refractivity contribution is 0.275. The zero-order valence-corrected chi connectivity index (χ0v) is 11.0. The fraction of sp³-hybridized carbons (Fsp3) is 0.600. The molecule has 0 bridgehead atoms. The van der Waals surface area contributed by atoms with E-state index in [1.807, 2.05) is 0 Å². The largest absolute Gasteiger partial charge is 0.392 e. The molecule has 3 heteroatoms. The highest BCUT2D eigenvalue weighted by Crippen LogP contribution is 2.23. The van der Waals surface area contributed by atoms with Gasteiger partial charge in [-0.2, -0.15) is 0 Å². The molecule has 0 saturated heterocycles. The highest BCUT2D eigenvalue weighted by molar-refractivity contribution is 5.24. The molecule has 1 aromatic rings. The Morgan fingerprint density at radius 1 is 1.28 bits per heavy atom. The van der Waals surface area contributed by atoms with E-state index in [1.54, 1.807) is 12.1 Å². The van der Waals surface area contributed by atoms with Crippen LogP contribution < -0.4 is 5.32 Å². The summed E-state index contributed by atoms with van der Waals surface area (Å²) >= 11 is 0. The Kier molecular flexibility index (Phi) is 4.72. The Labute approximate surface area is 108 Å². The zero-order chi connectivity index (χ0) is 13.0. The van der Waals surface area contributed by atoms with Crippen molar-refractivity contribution in [2.45, 2.75) is 51.8 Å². The van der Waals surface area contributed by atoms with Crippen LogP contribution in [0, 0.1) is 11.7 Å². The van der Waals surface area contributed by atoms with Gasteiger partial charge in [-0.05, 0) is 49.3 Å². The maximum atomic E-state index is 13.2.